The minimum atomic E-state index is -0.253. The molecule has 2 N–H and O–H groups in total. The van der Waals surface area contributed by atoms with Crippen molar-refractivity contribution in [3.63, 3.8) is 0 Å². The van der Waals surface area contributed by atoms with E-state index in [4.69, 9.17) is 4.74 Å². The van der Waals surface area contributed by atoms with Crippen molar-refractivity contribution in [2.75, 3.05) is 23.7 Å². The number of amides is 3. The summed E-state index contributed by atoms with van der Waals surface area (Å²) in [6.45, 7) is 2.96. The molecule has 2 aromatic carbocycles. The molecule has 1 atom stereocenters. The van der Waals surface area contributed by atoms with Crippen molar-refractivity contribution in [2.24, 2.45) is 5.92 Å². The van der Waals surface area contributed by atoms with E-state index in [1.165, 1.54) is 0 Å². The van der Waals surface area contributed by atoms with Crippen molar-refractivity contribution in [3.8, 4) is 11.5 Å². The van der Waals surface area contributed by atoms with Crippen LogP contribution in [-0.2, 0) is 4.79 Å². The van der Waals surface area contributed by atoms with Gasteiger partial charge in [0.15, 0.2) is 0 Å². The monoisotopic (exact) mass is 430 g/mol. The molecular formula is C25H26N4O3. The van der Waals surface area contributed by atoms with Crippen LogP contribution in [0.5, 0.6) is 11.5 Å². The molecule has 0 spiro atoms. The maximum Gasteiger partial charge on any atom is 0.321 e. The average Bonchev–Trinajstić information content (AvgIpc) is 2.82. The first-order chi connectivity index (χ1) is 15.6. The van der Waals surface area contributed by atoms with E-state index in [2.05, 4.69) is 15.6 Å². The van der Waals surface area contributed by atoms with Gasteiger partial charge in [-0.2, -0.15) is 0 Å². The number of hydrogen-bond acceptors (Lipinski definition) is 4. The van der Waals surface area contributed by atoms with Crippen LogP contribution in [0.3, 0.4) is 0 Å². The molecule has 0 bridgehead atoms. The summed E-state index contributed by atoms with van der Waals surface area (Å²) < 4.78 is 5.85. The van der Waals surface area contributed by atoms with Crippen LogP contribution in [0.25, 0.3) is 0 Å². The molecule has 32 heavy (non-hydrogen) atoms. The first kappa shape index (κ1) is 21.4. The normalized spacial score (nSPS) is 15.7. The third kappa shape index (κ3) is 5.43. The van der Waals surface area contributed by atoms with Crippen LogP contribution >= 0.6 is 0 Å². The molecule has 4 rings (SSSR count). The number of likely N-dealkylation sites (tertiary alicyclic amines) is 1. The lowest BCUT2D eigenvalue weighted by atomic mass is 9.97. The first-order valence-corrected chi connectivity index (χ1v) is 10.7. The van der Waals surface area contributed by atoms with Gasteiger partial charge in [-0.15, -0.1) is 0 Å². The van der Waals surface area contributed by atoms with Gasteiger partial charge in [-0.25, -0.2) is 4.79 Å². The Kier molecular flexibility index (Phi) is 6.65. The molecule has 0 saturated carbocycles. The summed E-state index contributed by atoms with van der Waals surface area (Å²) in [6.07, 6.45) is 4.88. The number of nitrogens with one attached hydrogen (secondary N) is 2. The largest absolute Gasteiger partial charge is 0.455 e. The summed E-state index contributed by atoms with van der Waals surface area (Å²) in [5.41, 5.74) is 2.35. The standard InChI is InChI=1S/C25H26N4O3/c1-18-15-21(11-12-23(18)32-22-10-5-13-26-16-22)27-24(30)19-7-6-14-29(17-19)25(31)28-20-8-3-2-4-9-20/h2-5,8-13,15-16,19H,6-7,14,17H2,1H3,(H,27,30)(H,28,31). The fourth-order valence-corrected chi connectivity index (χ4v) is 3.72. The molecule has 2 heterocycles. The van der Waals surface area contributed by atoms with Crippen LogP contribution in [0.1, 0.15) is 18.4 Å². The zero-order chi connectivity index (χ0) is 22.3. The van der Waals surface area contributed by atoms with Gasteiger partial charge < -0.3 is 20.3 Å². The van der Waals surface area contributed by atoms with Crippen LogP contribution in [0.2, 0.25) is 0 Å². The third-order valence-electron chi connectivity index (χ3n) is 5.41. The average molecular weight is 431 g/mol. The molecule has 1 aliphatic heterocycles. The van der Waals surface area contributed by atoms with Gasteiger partial charge in [0.25, 0.3) is 0 Å². The number of ether oxygens (including phenoxy) is 1. The number of aryl methyl sites for hydroxylation is 1. The van der Waals surface area contributed by atoms with Crippen LogP contribution < -0.4 is 15.4 Å². The highest BCUT2D eigenvalue weighted by Crippen LogP contribution is 2.27. The Morgan fingerprint density at radius 1 is 1.03 bits per heavy atom. The van der Waals surface area contributed by atoms with Crippen molar-refractivity contribution in [1.29, 1.82) is 0 Å². The molecular weight excluding hydrogens is 404 g/mol. The summed E-state index contributed by atoms with van der Waals surface area (Å²) in [6, 6.07) is 18.3. The Hall–Kier alpha value is -3.87. The number of nitrogens with zero attached hydrogens (tertiary/aromatic N) is 2. The van der Waals surface area contributed by atoms with Crippen molar-refractivity contribution >= 4 is 23.3 Å². The van der Waals surface area contributed by atoms with Gasteiger partial charge >= 0.3 is 6.03 Å². The van der Waals surface area contributed by atoms with Crippen LogP contribution in [-0.4, -0.2) is 34.9 Å². The second kappa shape index (κ2) is 9.96. The molecule has 164 valence electrons. The molecule has 1 fully saturated rings. The molecule has 7 nitrogen and oxygen atoms in total. The van der Waals surface area contributed by atoms with Crippen molar-refractivity contribution in [2.45, 2.75) is 19.8 Å². The number of rotatable bonds is 5. The van der Waals surface area contributed by atoms with Gasteiger partial charge in [-0.3, -0.25) is 9.78 Å². The van der Waals surface area contributed by atoms with Gasteiger partial charge in [-0.1, -0.05) is 18.2 Å². The van der Waals surface area contributed by atoms with Crippen molar-refractivity contribution < 1.29 is 14.3 Å². The van der Waals surface area contributed by atoms with E-state index in [1.54, 1.807) is 17.3 Å². The van der Waals surface area contributed by atoms with Gasteiger partial charge in [0.05, 0.1) is 12.1 Å². The molecule has 3 amide bonds. The molecule has 1 aromatic heterocycles. The number of hydrogen-bond donors (Lipinski definition) is 2. The predicted molar refractivity (Wildman–Crippen MR) is 124 cm³/mol. The Morgan fingerprint density at radius 2 is 1.88 bits per heavy atom. The zero-order valence-electron chi connectivity index (χ0n) is 18.0. The van der Waals surface area contributed by atoms with E-state index in [-0.39, 0.29) is 17.9 Å². The predicted octanol–water partition coefficient (Wildman–Crippen LogP) is 5.06. The lowest BCUT2D eigenvalue weighted by molar-refractivity contribution is -0.121. The Morgan fingerprint density at radius 3 is 2.62 bits per heavy atom. The van der Waals surface area contributed by atoms with E-state index >= 15 is 0 Å². The van der Waals surface area contributed by atoms with Crippen LogP contribution in [0, 0.1) is 12.8 Å². The smallest absolute Gasteiger partial charge is 0.321 e. The van der Waals surface area contributed by atoms with Crippen LogP contribution in [0.4, 0.5) is 16.2 Å². The van der Waals surface area contributed by atoms with Gasteiger partial charge in [0, 0.05) is 30.7 Å². The summed E-state index contributed by atoms with van der Waals surface area (Å²) in [5.74, 6) is 1.03. The lowest BCUT2D eigenvalue weighted by Gasteiger charge is -2.32. The minimum Gasteiger partial charge on any atom is -0.455 e. The molecule has 1 aliphatic rings. The molecule has 0 radical (unpaired) electrons. The first-order valence-electron chi connectivity index (χ1n) is 10.7. The Balaban J connectivity index is 1.35. The number of anilines is 2. The highest BCUT2D eigenvalue weighted by Gasteiger charge is 2.28. The van der Waals surface area contributed by atoms with Crippen molar-refractivity contribution in [3.05, 3.63) is 78.6 Å². The molecule has 1 unspecified atom stereocenters. The highest BCUT2D eigenvalue weighted by atomic mass is 16.5. The summed E-state index contributed by atoms with van der Waals surface area (Å²) in [7, 11) is 0. The molecule has 7 heteroatoms. The SMILES string of the molecule is Cc1cc(NC(=O)C2CCCN(C(=O)Nc3ccccc3)C2)ccc1Oc1cccnc1. The second-order valence-corrected chi connectivity index (χ2v) is 7.84. The molecule has 0 aliphatic carbocycles. The Bertz CT molecular complexity index is 1070. The van der Waals surface area contributed by atoms with E-state index in [1.807, 2.05) is 67.6 Å². The quantitative estimate of drug-likeness (QED) is 0.592. The third-order valence-corrected chi connectivity index (χ3v) is 5.41. The Labute approximate surface area is 187 Å². The minimum absolute atomic E-state index is 0.0810. The fraction of sp³-hybridized carbons (Fsp3) is 0.240. The highest BCUT2D eigenvalue weighted by molar-refractivity contribution is 5.94. The fourth-order valence-electron chi connectivity index (χ4n) is 3.72. The second-order valence-electron chi connectivity index (χ2n) is 7.84. The van der Waals surface area contributed by atoms with E-state index in [0.717, 1.165) is 24.1 Å². The number of urea groups is 1. The topological polar surface area (TPSA) is 83.6 Å². The number of aromatic nitrogens is 1. The number of benzene rings is 2. The number of piperidine rings is 1. The number of para-hydroxylation sites is 1. The maximum absolute atomic E-state index is 12.9. The number of carbonyl (C=O) groups is 2. The summed E-state index contributed by atoms with van der Waals surface area (Å²) in [5, 5.41) is 5.88. The maximum atomic E-state index is 12.9. The summed E-state index contributed by atoms with van der Waals surface area (Å²) >= 11 is 0. The van der Waals surface area contributed by atoms with Crippen LogP contribution in [0.15, 0.2) is 73.1 Å². The van der Waals surface area contributed by atoms with Gasteiger partial charge in [0.1, 0.15) is 11.5 Å². The molecule has 3 aromatic rings. The molecule has 1 saturated heterocycles. The van der Waals surface area contributed by atoms with Crippen molar-refractivity contribution in [1.82, 2.24) is 9.88 Å². The van der Waals surface area contributed by atoms with Gasteiger partial charge in [-0.05, 0) is 67.8 Å². The van der Waals surface area contributed by atoms with E-state index in [9.17, 15) is 9.59 Å². The van der Waals surface area contributed by atoms with Gasteiger partial charge in [0.2, 0.25) is 5.91 Å². The van der Waals surface area contributed by atoms with E-state index in [0.29, 0.717) is 30.3 Å². The number of pyridine rings is 1. The zero-order valence-corrected chi connectivity index (χ0v) is 18.0. The summed E-state index contributed by atoms with van der Waals surface area (Å²) in [4.78, 5) is 31.2. The lowest BCUT2D eigenvalue weighted by Crippen LogP contribution is -2.45. The number of carbonyl (C=O) groups excluding carboxylic acids is 2. The van der Waals surface area contributed by atoms with E-state index < -0.39 is 0 Å².